The van der Waals surface area contributed by atoms with E-state index in [9.17, 15) is 5.11 Å². The lowest BCUT2D eigenvalue weighted by Crippen LogP contribution is -2.01. The lowest BCUT2D eigenvalue weighted by Gasteiger charge is -2.10. The van der Waals surface area contributed by atoms with Crippen LogP contribution in [-0.2, 0) is 11.5 Å². The first-order chi connectivity index (χ1) is 8.16. The summed E-state index contributed by atoms with van der Waals surface area (Å²) in [7, 11) is 0. The second-order valence-electron chi connectivity index (χ2n) is 3.84. The van der Waals surface area contributed by atoms with Crippen LogP contribution in [0.4, 0.5) is 0 Å². The van der Waals surface area contributed by atoms with E-state index in [1.807, 2.05) is 48.5 Å². The molecule has 1 unspecified atom stereocenters. The number of rotatable bonds is 3. The van der Waals surface area contributed by atoms with Crippen molar-refractivity contribution in [2.75, 3.05) is 0 Å². The molecule has 87 valence electrons. The molecule has 2 aromatic carbocycles. The van der Waals surface area contributed by atoms with Gasteiger partial charge in [-0.1, -0.05) is 46.3 Å². The van der Waals surface area contributed by atoms with Crippen LogP contribution in [0.15, 0.2) is 53.0 Å². The van der Waals surface area contributed by atoms with Gasteiger partial charge in [0.05, 0.1) is 0 Å². The van der Waals surface area contributed by atoms with E-state index >= 15 is 0 Å². The lowest BCUT2D eigenvalue weighted by molar-refractivity contribution is 0.0893. The van der Waals surface area contributed by atoms with Crippen LogP contribution in [0, 0.1) is 3.57 Å². The van der Waals surface area contributed by atoms with Crippen molar-refractivity contribution in [1.82, 2.24) is 0 Å². The van der Waals surface area contributed by atoms with Crippen LogP contribution in [-0.4, -0.2) is 0 Å². The summed E-state index contributed by atoms with van der Waals surface area (Å²) in [6, 6.07) is 15.6. The Balaban J connectivity index is 2.14. The number of hydrogen-bond acceptors (Lipinski definition) is 0. The van der Waals surface area contributed by atoms with Crippen LogP contribution in [0.25, 0.3) is 0 Å². The molecule has 0 N–H and O–H groups in total. The van der Waals surface area contributed by atoms with Crippen molar-refractivity contribution < 1.29 is 5.11 Å². The van der Waals surface area contributed by atoms with Crippen LogP contribution in [0.5, 0.6) is 0 Å². The summed E-state index contributed by atoms with van der Waals surface area (Å²) in [5.74, 6) is 0. The molecule has 0 spiro atoms. The molecule has 0 aromatic heterocycles. The minimum atomic E-state index is -0.695. The largest absolute Gasteiger partial charge is 0.228 e. The Hall–Kier alpha value is -0.390. The molecular formula is C14H11BrIO. The first-order valence-electron chi connectivity index (χ1n) is 5.31. The zero-order valence-corrected chi connectivity index (χ0v) is 12.8. The second kappa shape index (κ2) is 5.98. The predicted molar refractivity (Wildman–Crippen MR) is 80.4 cm³/mol. The Kier molecular flexibility index (Phi) is 4.59. The van der Waals surface area contributed by atoms with Crippen LogP contribution in [0.3, 0.4) is 0 Å². The number of benzene rings is 2. The maximum atomic E-state index is 12.1. The van der Waals surface area contributed by atoms with Crippen molar-refractivity contribution in [2.24, 2.45) is 0 Å². The molecule has 1 atom stereocenters. The molecule has 0 amide bonds. The van der Waals surface area contributed by atoms with Crippen molar-refractivity contribution in [3.05, 3.63) is 67.7 Å². The third kappa shape index (κ3) is 3.53. The zero-order valence-electron chi connectivity index (χ0n) is 9.07. The van der Waals surface area contributed by atoms with Gasteiger partial charge in [-0.15, -0.1) is 0 Å². The molecule has 17 heavy (non-hydrogen) atoms. The van der Waals surface area contributed by atoms with Gasteiger partial charge in [0.15, 0.2) is 0 Å². The molecule has 2 aromatic rings. The first-order valence-corrected chi connectivity index (χ1v) is 7.18. The summed E-state index contributed by atoms with van der Waals surface area (Å²) in [4.78, 5) is 0. The normalized spacial score (nSPS) is 12.4. The Morgan fingerprint density at radius 2 is 1.71 bits per heavy atom. The van der Waals surface area contributed by atoms with Gasteiger partial charge in [-0.2, -0.15) is 0 Å². The molecule has 0 aliphatic rings. The molecule has 3 heteroatoms. The summed E-state index contributed by atoms with van der Waals surface area (Å²) in [5, 5.41) is 12.1. The van der Waals surface area contributed by atoms with Crippen LogP contribution in [0.2, 0.25) is 0 Å². The topological polar surface area (TPSA) is 19.9 Å². The molecule has 0 aliphatic carbocycles. The molecule has 0 saturated heterocycles. The van der Waals surface area contributed by atoms with E-state index in [0.29, 0.717) is 6.42 Å². The highest BCUT2D eigenvalue weighted by Crippen LogP contribution is 2.23. The Morgan fingerprint density at radius 1 is 1.06 bits per heavy atom. The molecule has 1 nitrogen and oxygen atoms in total. The average Bonchev–Trinajstić information content (AvgIpc) is 2.33. The highest BCUT2D eigenvalue weighted by atomic mass is 127. The van der Waals surface area contributed by atoms with Gasteiger partial charge >= 0.3 is 0 Å². The maximum absolute atomic E-state index is 12.1. The van der Waals surface area contributed by atoms with E-state index in [-0.39, 0.29) is 0 Å². The van der Waals surface area contributed by atoms with Crippen LogP contribution < -0.4 is 0 Å². The molecule has 0 aliphatic heterocycles. The van der Waals surface area contributed by atoms with Gasteiger partial charge < -0.3 is 0 Å². The van der Waals surface area contributed by atoms with E-state index in [1.165, 1.54) is 0 Å². The molecule has 2 rings (SSSR count). The second-order valence-corrected chi connectivity index (χ2v) is 5.91. The maximum Gasteiger partial charge on any atom is 0.122 e. The monoisotopic (exact) mass is 401 g/mol. The number of hydrogen-bond donors (Lipinski definition) is 0. The van der Waals surface area contributed by atoms with Crippen LogP contribution in [0.1, 0.15) is 17.2 Å². The van der Waals surface area contributed by atoms with Gasteiger partial charge in [0.1, 0.15) is 6.10 Å². The molecular weight excluding hydrogens is 391 g/mol. The zero-order chi connectivity index (χ0) is 12.3. The average molecular weight is 402 g/mol. The van der Waals surface area contributed by atoms with Gasteiger partial charge in [-0.25, -0.2) is 5.11 Å². The molecule has 1 radical (unpaired) electrons. The van der Waals surface area contributed by atoms with Crippen LogP contribution >= 0.6 is 38.5 Å². The summed E-state index contributed by atoms with van der Waals surface area (Å²) >= 11 is 5.64. The summed E-state index contributed by atoms with van der Waals surface area (Å²) in [6.07, 6.45) is -0.153. The molecule has 0 heterocycles. The van der Waals surface area contributed by atoms with Gasteiger partial charge in [-0.3, -0.25) is 0 Å². The standard InChI is InChI=1S/C14H11BrIO/c15-12-7-5-10(6-8-12)14(17)9-11-3-1-2-4-13(11)16/h1-8,14H,9H2. The Labute approximate surface area is 123 Å². The van der Waals surface area contributed by atoms with Crippen molar-refractivity contribution >= 4 is 38.5 Å². The summed E-state index contributed by atoms with van der Waals surface area (Å²) in [5.41, 5.74) is 1.96. The van der Waals surface area contributed by atoms with Gasteiger partial charge in [0, 0.05) is 14.5 Å². The fourth-order valence-electron chi connectivity index (χ4n) is 1.66. The van der Waals surface area contributed by atoms with Crippen molar-refractivity contribution in [3.63, 3.8) is 0 Å². The highest BCUT2D eigenvalue weighted by molar-refractivity contribution is 14.1. The van der Waals surface area contributed by atoms with Crippen molar-refractivity contribution in [2.45, 2.75) is 12.5 Å². The summed E-state index contributed by atoms with van der Waals surface area (Å²) in [6.45, 7) is 0. The van der Waals surface area contributed by atoms with Gasteiger partial charge in [0.25, 0.3) is 0 Å². The minimum absolute atomic E-state index is 0.542. The number of halogens is 2. The molecule has 0 fully saturated rings. The first kappa shape index (κ1) is 13.1. The van der Waals surface area contributed by atoms with E-state index in [2.05, 4.69) is 38.5 Å². The summed E-state index contributed by atoms with van der Waals surface area (Å²) < 4.78 is 2.16. The Bertz CT molecular complexity index is 496. The third-order valence-corrected chi connectivity index (χ3v) is 4.19. The lowest BCUT2D eigenvalue weighted by atomic mass is 10.0. The van der Waals surface area contributed by atoms with E-state index < -0.39 is 6.10 Å². The van der Waals surface area contributed by atoms with E-state index in [4.69, 9.17) is 0 Å². The van der Waals surface area contributed by atoms with E-state index in [0.717, 1.165) is 19.2 Å². The smallest absolute Gasteiger partial charge is 0.122 e. The highest BCUT2D eigenvalue weighted by Gasteiger charge is 2.11. The van der Waals surface area contributed by atoms with Crippen molar-refractivity contribution in [1.29, 1.82) is 0 Å². The predicted octanol–water partition coefficient (Wildman–Crippen LogP) is 4.77. The minimum Gasteiger partial charge on any atom is -0.228 e. The fraction of sp³-hybridized carbons (Fsp3) is 0.143. The van der Waals surface area contributed by atoms with E-state index in [1.54, 1.807) is 0 Å². The molecule has 0 bridgehead atoms. The van der Waals surface area contributed by atoms with Gasteiger partial charge in [-0.05, 0) is 51.9 Å². The SMILES string of the molecule is [O]C(Cc1ccccc1I)c1ccc(Br)cc1. The fourth-order valence-corrected chi connectivity index (χ4v) is 2.53. The quantitative estimate of drug-likeness (QED) is 0.660. The molecule has 0 saturated carbocycles. The third-order valence-electron chi connectivity index (χ3n) is 2.60. The Morgan fingerprint density at radius 3 is 2.35 bits per heavy atom. The van der Waals surface area contributed by atoms with Gasteiger partial charge in [0.2, 0.25) is 0 Å². The van der Waals surface area contributed by atoms with Crippen molar-refractivity contribution in [3.8, 4) is 0 Å².